The van der Waals surface area contributed by atoms with Crippen LogP contribution in [0.25, 0.3) is 0 Å². The molecule has 1 aliphatic rings. The van der Waals surface area contributed by atoms with Crippen molar-refractivity contribution in [2.75, 3.05) is 18.5 Å². The molecule has 8 heteroatoms. The standard InChI is InChI=1S/C18H19FN2O4S/c1-12-9-14(5-6-17(12)19)20-18(22)13-3-2-4-16(10-13)26(23,24)21-15-7-8-25-11-15/h2-6,9-10,15,21H,7-8,11H2,1H3,(H,20,22)/t15-/m0/s1. The number of aryl methyl sites for hydroxylation is 1. The average molecular weight is 378 g/mol. The highest BCUT2D eigenvalue weighted by Crippen LogP contribution is 2.17. The first-order chi connectivity index (χ1) is 12.3. The van der Waals surface area contributed by atoms with Crippen LogP contribution >= 0.6 is 0 Å². The van der Waals surface area contributed by atoms with Crippen LogP contribution < -0.4 is 10.0 Å². The number of carbonyl (C=O) groups excluding carboxylic acids is 1. The summed E-state index contributed by atoms with van der Waals surface area (Å²) in [5.41, 5.74) is 1.03. The molecule has 1 saturated heterocycles. The Morgan fingerprint density at radius 3 is 2.73 bits per heavy atom. The highest BCUT2D eigenvalue weighted by molar-refractivity contribution is 7.89. The van der Waals surface area contributed by atoms with Crippen LogP contribution in [0.1, 0.15) is 22.3 Å². The second kappa shape index (κ2) is 7.53. The molecule has 26 heavy (non-hydrogen) atoms. The van der Waals surface area contributed by atoms with Gasteiger partial charge < -0.3 is 10.1 Å². The minimum absolute atomic E-state index is 0.00679. The van der Waals surface area contributed by atoms with E-state index in [0.29, 0.717) is 30.9 Å². The molecule has 1 fully saturated rings. The van der Waals surface area contributed by atoms with Crippen LogP contribution in [0, 0.1) is 12.7 Å². The van der Waals surface area contributed by atoms with Gasteiger partial charge in [-0.05, 0) is 55.3 Å². The molecule has 3 rings (SSSR count). The molecule has 0 spiro atoms. The van der Waals surface area contributed by atoms with Crippen LogP contribution in [0.5, 0.6) is 0 Å². The second-order valence-corrected chi connectivity index (χ2v) is 7.84. The van der Waals surface area contributed by atoms with E-state index in [-0.39, 0.29) is 22.3 Å². The molecule has 0 aromatic heterocycles. The molecule has 1 amide bonds. The number of hydrogen-bond donors (Lipinski definition) is 2. The largest absolute Gasteiger partial charge is 0.380 e. The quantitative estimate of drug-likeness (QED) is 0.837. The fourth-order valence-corrected chi connectivity index (χ4v) is 3.95. The van der Waals surface area contributed by atoms with Crippen LogP contribution in [0.4, 0.5) is 10.1 Å². The summed E-state index contributed by atoms with van der Waals surface area (Å²) in [7, 11) is -3.74. The molecule has 2 aromatic carbocycles. The summed E-state index contributed by atoms with van der Waals surface area (Å²) in [6.45, 7) is 2.45. The van der Waals surface area contributed by atoms with Gasteiger partial charge in [0.1, 0.15) is 5.82 Å². The third-order valence-electron chi connectivity index (χ3n) is 4.07. The number of sulfonamides is 1. The van der Waals surface area contributed by atoms with Crippen molar-refractivity contribution in [3.8, 4) is 0 Å². The van der Waals surface area contributed by atoms with E-state index in [1.54, 1.807) is 6.92 Å². The molecular formula is C18H19FN2O4S. The molecule has 0 aliphatic carbocycles. The smallest absolute Gasteiger partial charge is 0.255 e. The monoisotopic (exact) mass is 378 g/mol. The Morgan fingerprint density at radius 2 is 2.04 bits per heavy atom. The Hall–Kier alpha value is -2.29. The molecule has 0 unspecified atom stereocenters. The van der Waals surface area contributed by atoms with Gasteiger partial charge in [-0.1, -0.05) is 6.07 Å². The highest BCUT2D eigenvalue weighted by Gasteiger charge is 2.24. The van der Waals surface area contributed by atoms with Crippen LogP contribution in [0.2, 0.25) is 0 Å². The zero-order valence-electron chi connectivity index (χ0n) is 14.2. The summed E-state index contributed by atoms with van der Waals surface area (Å²) < 4.78 is 46.0. The SMILES string of the molecule is Cc1cc(NC(=O)c2cccc(S(=O)(=O)N[C@H]3CCOC3)c2)ccc1F. The summed E-state index contributed by atoms with van der Waals surface area (Å²) >= 11 is 0. The fourth-order valence-electron chi connectivity index (χ4n) is 2.65. The van der Waals surface area contributed by atoms with E-state index in [0.717, 1.165) is 0 Å². The van der Waals surface area contributed by atoms with Crippen molar-refractivity contribution < 1.29 is 22.3 Å². The van der Waals surface area contributed by atoms with Crippen molar-refractivity contribution in [1.82, 2.24) is 4.72 Å². The summed E-state index contributed by atoms with van der Waals surface area (Å²) in [6, 6.07) is 9.71. The number of ether oxygens (including phenoxy) is 1. The van der Waals surface area contributed by atoms with E-state index in [1.165, 1.54) is 42.5 Å². The summed E-state index contributed by atoms with van der Waals surface area (Å²) in [4.78, 5) is 12.4. The molecule has 138 valence electrons. The fraction of sp³-hybridized carbons (Fsp3) is 0.278. The highest BCUT2D eigenvalue weighted by atomic mass is 32.2. The number of carbonyl (C=O) groups is 1. The number of benzene rings is 2. The van der Waals surface area contributed by atoms with Gasteiger partial charge in [-0.2, -0.15) is 0 Å². The molecule has 0 bridgehead atoms. The van der Waals surface area contributed by atoms with E-state index in [1.807, 2.05) is 0 Å². The van der Waals surface area contributed by atoms with Crippen molar-refractivity contribution >= 4 is 21.6 Å². The normalized spacial score (nSPS) is 17.2. The molecule has 1 aliphatic heterocycles. The van der Waals surface area contributed by atoms with Crippen LogP contribution in [-0.2, 0) is 14.8 Å². The summed E-state index contributed by atoms with van der Waals surface area (Å²) in [5, 5.41) is 2.64. The van der Waals surface area contributed by atoms with Gasteiger partial charge in [0, 0.05) is 23.9 Å². The minimum Gasteiger partial charge on any atom is -0.380 e. The zero-order chi connectivity index (χ0) is 18.7. The van der Waals surface area contributed by atoms with Gasteiger partial charge >= 0.3 is 0 Å². The third-order valence-corrected chi connectivity index (χ3v) is 5.59. The van der Waals surface area contributed by atoms with Crippen molar-refractivity contribution in [1.29, 1.82) is 0 Å². The number of anilines is 1. The number of hydrogen-bond acceptors (Lipinski definition) is 4. The van der Waals surface area contributed by atoms with E-state index in [4.69, 9.17) is 4.74 Å². The van der Waals surface area contributed by atoms with Crippen molar-refractivity contribution in [2.24, 2.45) is 0 Å². The molecular weight excluding hydrogens is 359 g/mol. The zero-order valence-corrected chi connectivity index (χ0v) is 15.0. The summed E-state index contributed by atoms with van der Waals surface area (Å²) in [5.74, 6) is -0.838. The number of nitrogens with one attached hydrogen (secondary N) is 2. The predicted octanol–water partition coefficient (Wildman–Crippen LogP) is 2.45. The maximum atomic E-state index is 13.3. The van der Waals surface area contributed by atoms with Crippen molar-refractivity contribution in [2.45, 2.75) is 24.3 Å². The van der Waals surface area contributed by atoms with Gasteiger partial charge in [-0.3, -0.25) is 4.79 Å². The molecule has 1 atom stereocenters. The second-order valence-electron chi connectivity index (χ2n) is 6.13. The van der Waals surface area contributed by atoms with Gasteiger partial charge in [0.15, 0.2) is 0 Å². The lowest BCUT2D eigenvalue weighted by atomic mass is 10.2. The topological polar surface area (TPSA) is 84.5 Å². The van der Waals surface area contributed by atoms with Crippen LogP contribution in [-0.4, -0.2) is 33.6 Å². The van der Waals surface area contributed by atoms with Crippen molar-refractivity contribution in [3.63, 3.8) is 0 Å². The molecule has 0 radical (unpaired) electrons. The maximum Gasteiger partial charge on any atom is 0.255 e. The molecule has 1 heterocycles. The van der Waals surface area contributed by atoms with Gasteiger partial charge in [0.05, 0.1) is 11.5 Å². The maximum absolute atomic E-state index is 13.3. The number of amides is 1. The Morgan fingerprint density at radius 1 is 1.23 bits per heavy atom. The molecule has 2 N–H and O–H groups in total. The van der Waals surface area contributed by atoms with E-state index < -0.39 is 15.9 Å². The lowest BCUT2D eigenvalue weighted by Crippen LogP contribution is -2.35. The molecule has 6 nitrogen and oxygen atoms in total. The Labute approximate surface area is 151 Å². The predicted molar refractivity (Wildman–Crippen MR) is 95.1 cm³/mol. The van der Waals surface area contributed by atoms with E-state index in [9.17, 15) is 17.6 Å². The van der Waals surface area contributed by atoms with Gasteiger partial charge in [0.2, 0.25) is 10.0 Å². The molecule has 2 aromatic rings. The number of halogens is 1. The first-order valence-corrected chi connectivity index (χ1v) is 9.61. The van der Waals surface area contributed by atoms with E-state index >= 15 is 0 Å². The van der Waals surface area contributed by atoms with Crippen molar-refractivity contribution in [3.05, 3.63) is 59.4 Å². The Kier molecular flexibility index (Phi) is 5.36. The lowest BCUT2D eigenvalue weighted by Gasteiger charge is -2.12. The van der Waals surface area contributed by atoms with Crippen LogP contribution in [0.3, 0.4) is 0 Å². The number of rotatable bonds is 5. The van der Waals surface area contributed by atoms with Gasteiger partial charge in [-0.15, -0.1) is 0 Å². The average Bonchev–Trinajstić information content (AvgIpc) is 3.10. The first-order valence-electron chi connectivity index (χ1n) is 8.13. The Balaban J connectivity index is 1.77. The minimum atomic E-state index is -3.74. The first kappa shape index (κ1) is 18.5. The van der Waals surface area contributed by atoms with Gasteiger partial charge in [-0.25, -0.2) is 17.5 Å². The van der Waals surface area contributed by atoms with Gasteiger partial charge in [0.25, 0.3) is 5.91 Å². The van der Waals surface area contributed by atoms with E-state index in [2.05, 4.69) is 10.0 Å². The lowest BCUT2D eigenvalue weighted by molar-refractivity contribution is 0.102. The third kappa shape index (κ3) is 4.27. The Bertz CT molecular complexity index is 925. The molecule has 0 saturated carbocycles. The van der Waals surface area contributed by atoms with Crippen LogP contribution in [0.15, 0.2) is 47.4 Å². The summed E-state index contributed by atoms with van der Waals surface area (Å²) in [6.07, 6.45) is 0.614.